The first-order valence-electron chi connectivity index (χ1n) is 7.45. The smallest absolute Gasteiger partial charge is 0.223 e. The molecule has 3 rings (SSSR count). The van der Waals surface area contributed by atoms with Crippen molar-refractivity contribution in [3.63, 3.8) is 0 Å². The molecule has 114 valence electrons. The highest BCUT2D eigenvalue weighted by Crippen LogP contribution is 2.17. The standard InChI is InChI=1S/C17H19N3O2/c1-22-15-5-2-13(3-6-15)4-7-17(21)20-9-8-16-14(11-20)10-18-12-19-16/h2-3,5-6,10,12H,4,7-9,11H2,1H3. The first-order valence-corrected chi connectivity index (χ1v) is 7.45. The van der Waals surface area contributed by atoms with Gasteiger partial charge in [-0.3, -0.25) is 4.79 Å². The van der Waals surface area contributed by atoms with Gasteiger partial charge in [0.15, 0.2) is 0 Å². The quantitative estimate of drug-likeness (QED) is 0.866. The number of methoxy groups -OCH3 is 1. The summed E-state index contributed by atoms with van der Waals surface area (Å²) in [7, 11) is 1.65. The van der Waals surface area contributed by atoms with Gasteiger partial charge in [-0.15, -0.1) is 0 Å². The molecule has 1 aliphatic rings. The van der Waals surface area contributed by atoms with Crippen LogP contribution in [0, 0.1) is 0 Å². The fourth-order valence-electron chi connectivity index (χ4n) is 2.68. The molecule has 5 nitrogen and oxygen atoms in total. The normalized spacial score (nSPS) is 13.6. The molecule has 0 spiro atoms. The number of carbonyl (C=O) groups excluding carboxylic acids is 1. The topological polar surface area (TPSA) is 55.3 Å². The van der Waals surface area contributed by atoms with Crippen LogP contribution in [0.2, 0.25) is 0 Å². The van der Waals surface area contributed by atoms with Crippen LogP contribution in [-0.2, 0) is 24.2 Å². The Balaban J connectivity index is 1.56. The minimum atomic E-state index is 0.185. The lowest BCUT2D eigenvalue weighted by atomic mass is 10.1. The molecule has 0 saturated carbocycles. The number of fused-ring (bicyclic) bond motifs is 1. The Morgan fingerprint density at radius 3 is 2.91 bits per heavy atom. The van der Waals surface area contributed by atoms with Crippen LogP contribution in [0.5, 0.6) is 5.75 Å². The number of rotatable bonds is 4. The van der Waals surface area contributed by atoms with Crippen LogP contribution in [0.3, 0.4) is 0 Å². The molecule has 1 aromatic heterocycles. The molecule has 0 fully saturated rings. The Bertz CT molecular complexity index is 655. The van der Waals surface area contributed by atoms with Crippen LogP contribution < -0.4 is 4.74 Å². The van der Waals surface area contributed by atoms with E-state index in [1.165, 1.54) is 0 Å². The highest BCUT2D eigenvalue weighted by molar-refractivity contribution is 5.76. The van der Waals surface area contributed by atoms with E-state index >= 15 is 0 Å². The predicted octanol–water partition coefficient (Wildman–Crippen LogP) is 2.00. The van der Waals surface area contributed by atoms with E-state index in [1.54, 1.807) is 13.4 Å². The molecule has 0 atom stereocenters. The van der Waals surface area contributed by atoms with Crippen molar-refractivity contribution in [1.29, 1.82) is 0 Å². The molecule has 1 aromatic carbocycles. The zero-order valence-corrected chi connectivity index (χ0v) is 12.7. The van der Waals surface area contributed by atoms with Crippen molar-refractivity contribution in [2.24, 2.45) is 0 Å². The van der Waals surface area contributed by atoms with Gasteiger partial charge in [-0.2, -0.15) is 0 Å². The molecule has 0 radical (unpaired) electrons. The van der Waals surface area contributed by atoms with Gasteiger partial charge in [-0.05, 0) is 24.1 Å². The number of aromatic nitrogens is 2. The van der Waals surface area contributed by atoms with Crippen molar-refractivity contribution in [3.8, 4) is 5.75 Å². The van der Waals surface area contributed by atoms with Crippen LogP contribution >= 0.6 is 0 Å². The Morgan fingerprint density at radius 1 is 1.32 bits per heavy atom. The summed E-state index contributed by atoms with van der Waals surface area (Å²) in [6.45, 7) is 1.36. The summed E-state index contributed by atoms with van der Waals surface area (Å²) >= 11 is 0. The van der Waals surface area contributed by atoms with Crippen molar-refractivity contribution in [2.45, 2.75) is 25.8 Å². The lowest BCUT2D eigenvalue weighted by molar-refractivity contribution is -0.132. The molecule has 22 heavy (non-hydrogen) atoms. The number of ether oxygens (including phenoxy) is 1. The van der Waals surface area contributed by atoms with Crippen LogP contribution in [0.15, 0.2) is 36.8 Å². The molecule has 2 heterocycles. The van der Waals surface area contributed by atoms with E-state index in [9.17, 15) is 4.79 Å². The van der Waals surface area contributed by atoms with E-state index in [0.29, 0.717) is 13.0 Å². The third-order valence-electron chi connectivity index (χ3n) is 4.00. The maximum Gasteiger partial charge on any atom is 0.223 e. The fourth-order valence-corrected chi connectivity index (χ4v) is 2.68. The predicted molar refractivity (Wildman–Crippen MR) is 82.5 cm³/mol. The minimum Gasteiger partial charge on any atom is -0.497 e. The van der Waals surface area contributed by atoms with E-state index in [0.717, 1.165) is 42.0 Å². The number of amides is 1. The summed E-state index contributed by atoms with van der Waals surface area (Å²) in [6, 6.07) is 7.86. The summed E-state index contributed by atoms with van der Waals surface area (Å²) in [5, 5.41) is 0. The summed E-state index contributed by atoms with van der Waals surface area (Å²) in [5.41, 5.74) is 3.27. The molecule has 0 aliphatic carbocycles. The van der Waals surface area contributed by atoms with Gasteiger partial charge in [0.2, 0.25) is 5.91 Å². The van der Waals surface area contributed by atoms with Gasteiger partial charge < -0.3 is 9.64 Å². The summed E-state index contributed by atoms with van der Waals surface area (Å²) in [6.07, 6.45) is 5.46. The molecule has 1 aliphatic heterocycles. The van der Waals surface area contributed by atoms with Gasteiger partial charge in [0, 0.05) is 37.7 Å². The van der Waals surface area contributed by atoms with E-state index in [-0.39, 0.29) is 5.91 Å². The summed E-state index contributed by atoms with van der Waals surface area (Å²) in [5.74, 6) is 1.02. The molecule has 0 N–H and O–H groups in total. The van der Waals surface area contributed by atoms with Crippen LogP contribution in [0.1, 0.15) is 23.2 Å². The van der Waals surface area contributed by atoms with Gasteiger partial charge in [0.25, 0.3) is 0 Å². The van der Waals surface area contributed by atoms with Crippen molar-refractivity contribution in [2.75, 3.05) is 13.7 Å². The van der Waals surface area contributed by atoms with E-state index in [1.807, 2.05) is 35.4 Å². The van der Waals surface area contributed by atoms with Crippen molar-refractivity contribution < 1.29 is 9.53 Å². The summed E-state index contributed by atoms with van der Waals surface area (Å²) in [4.78, 5) is 22.6. The Kier molecular flexibility index (Phi) is 4.32. The zero-order chi connectivity index (χ0) is 15.4. The number of carbonyl (C=O) groups is 1. The van der Waals surface area contributed by atoms with Crippen molar-refractivity contribution in [1.82, 2.24) is 14.9 Å². The molecular weight excluding hydrogens is 278 g/mol. The van der Waals surface area contributed by atoms with Crippen molar-refractivity contribution >= 4 is 5.91 Å². The van der Waals surface area contributed by atoms with Gasteiger partial charge in [0.05, 0.1) is 12.8 Å². The number of aryl methyl sites for hydroxylation is 1. The maximum atomic E-state index is 12.4. The average molecular weight is 297 g/mol. The third kappa shape index (κ3) is 3.24. The third-order valence-corrected chi connectivity index (χ3v) is 4.00. The van der Waals surface area contributed by atoms with Crippen LogP contribution in [0.4, 0.5) is 0 Å². The van der Waals surface area contributed by atoms with Crippen molar-refractivity contribution in [3.05, 3.63) is 53.6 Å². The van der Waals surface area contributed by atoms with Gasteiger partial charge in [0.1, 0.15) is 12.1 Å². The SMILES string of the molecule is COc1ccc(CCC(=O)N2CCc3ncncc3C2)cc1. The molecule has 0 unspecified atom stereocenters. The molecule has 0 saturated heterocycles. The lowest BCUT2D eigenvalue weighted by Gasteiger charge is -2.27. The molecule has 5 heteroatoms. The highest BCUT2D eigenvalue weighted by Gasteiger charge is 2.21. The van der Waals surface area contributed by atoms with E-state index in [2.05, 4.69) is 9.97 Å². The Hall–Kier alpha value is -2.43. The number of hydrogen-bond donors (Lipinski definition) is 0. The summed E-state index contributed by atoms with van der Waals surface area (Å²) < 4.78 is 5.14. The zero-order valence-electron chi connectivity index (χ0n) is 12.7. The first kappa shape index (κ1) is 14.5. The largest absolute Gasteiger partial charge is 0.497 e. The number of hydrogen-bond acceptors (Lipinski definition) is 4. The molecule has 1 amide bonds. The van der Waals surface area contributed by atoms with E-state index < -0.39 is 0 Å². The average Bonchev–Trinajstić information content (AvgIpc) is 2.59. The molecule has 2 aromatic rings. The monoisotopic (exact) mass is 297 g/mol. The lowest BCUT2D eigenvalue weighted by Crippen LogP contribution is -2.36. The molecular formula is C17H19N3O2. The maximum absolute atomic E-state index is 12.4. The Morgan fingerprint density at radius 2 is 2.14 bits per heavy atom. The van der Waals surface area contributed by atoms with Gasteiger partial charge in [-0.1, -0.05) is 12.1 Å². The second-order valence-corrected chi connectivity index (χ2v) is 5.41. The first-order chi connectivity index (χ1) is 10.8. The molecule has 0 bridgehead atoms. The second-order valence-electron chi connectivity index (χ2n) is 5.41. The minimum absolute atomic E-state index is 0.185. The number of benzene rings is 1. The van der Waals surface area contributed by atoms with E-state index in [4.69, 9.17) is 4.74 Å². The van der Waals surface area contributed by atoms with Gasteiger partial charge in [-0.25, -0.2) is 9.97 Å². The second kappa shape index (κ2) is 6.56. The number of nitrogens with zero attached hydrogens (tertiary/aromatic N) is 3. The van der Waals surface area contributed by atoms with Crippen LogP contribution in [0.25, 0.3) is 0 Å². The Labute approximate surface area is 130 Å². The highest BCUT2D eigenvalue weighted by atomic mass is 16.5. The van der Waals surface area contributed by atoms with Crippen LogP contribution in [-0.4, -0.2) is 34.4 Å². The van der Waals surface area contributed by atoms with Gasteiger partial charge >= 0.3 is 0 Å². The fraction of sp³-hybridized carbons (Fsp3) is 0.353.